The Kier molecular flexibility index (Phi) is 4.58. The van der Waals surface area contributed by atoms with Gasteiger partial charge in [0.2, 0.25) is 0 Å². The summed E-state index contributed by atoms with van der Waals surface area (Å²) in [6.45, 7) is 1.99. The zero-order chi connectivity index (χ0) is 18.0. The Bertz CT molecular complexity index is 917. The predicted molar refractivity (Wildman–Crippen MR) is 97.1 cm³/mol. The molecule has 1 heterocycles. The van der Waals surface area contributed by atoms with Crippen molar-refractivity contribution in [3.8, 4) is 5.75 Å². The molecule has 1 fully saturated rings. The second-order valence-electron chi connectivity index (χ2n) is 5.40. The number of aliphatic imine (C=N–C) groups is 1. The van der Waals surface area contributed by atoms with Crippen LogP contribution in [0.15, 0.2) is 52.4 Å². The highest BCUT2D eigenvalue weighted by molar-refractivity contribution is 8.18. The van der Waals surface area contributed by atoms with Gasteiger partial charge in [-0.05, 0) is 48.5 Å². The number of aromatic hydroxyl groups is 1. The number of benzene rings is 2. The van der Waals surface area contributed by atoms with Gasteiger partial charge in [0.25, 0.3) is 5.91 Å². The second kappa shape index (κ2) is 6.82. The van der Waals surface area contributed by atoms with Gasteiger partial charge in [-0.3, -0.25) is 4.79 Å². The summed E-state index contributed by atoms with van der Waals surface area (Å²) in [4.78, 5) is 27.8. The molecule has 1 aliphatic heterocycles. The molecule has 126 valence electrons. The number of amidine groups is 1. The predicted octanol–water partition coefficient (Wildman–Crippen LogP) is 3.29. The van der Waals surface area contributed by atoms with E-state index in [1.54, 1.807) is 6.08 Å². The number of carboxylic acid groups (broad SMARTS) is 1. The van der Waals surface area contributed by atoms with E-state index in [4.69, 9.17) is 5.11 Å². The molecule has 0 spiro atoms. The summed E-state index contributed by atoms with van der Waals surface area (Å²) in [5.41, 5.74) is 2.12. The van der Waals surface area contributed by atoms with E-state index in [1.807, 2.05) is 31.2 Å². The van der Waals surface area contributed by atoms with E-state index in [0.29, 0.717) is 15.8 Å². The van der Waals surface area contributed by atoms with E-state index in [-0.39, 0.29) is 17.2 Å². The lowest BCUT2D eigenvalue weighted by Gasteiger charge is -2.01. The molecule has 0 unspecified atom stereocenters. The van der Waals surface area contributed by atoms with Crippen LogP contribution in [0.25, 0.3) is 6.08 Å². The third-order valence-electron chi connectivity index (χ3n) is 3.47. The summed E-state index contributed by atoms with van der Waals surface area (Å²) in [7, 11) is 0. The fourth-order valence-electron chi connectivity index (χ4n) is 2.18. The topological polar surface area (TPSA) is 99.0 Å². The summed E-state index contributed by atoms with van der Waals surface area (Å²) >= 11 is 1.17. The Hall–Kier alpha value is -3.06. The monoisotopic (exact) mass is 354 g/mol. The van der Waals surface area contributed by atoms with Crippen molar-refractivity contribution >= 4 is 40.6 Å². The number of rotatable bonds is 3. The van der Waals surface area contributed by atoms with Crippen molar-refractivity contribution in [3.63, 3.8) is 0 Å². The van der Waals surface area contributed by atoms with Crippen molar-refractivity contribution in [1.29, 1.82) is 0 Å². The van der Waals surface area contributed by atoms with Gasteiger partial charge in [-0.25, -0.2) is 9.79 Å². The van der Waals surface area contributed by atoms with E-state index in [2.05, 4.69) is 10.3 Å². The minimum atomic E-state index is -1.25. The largest absolute Gasteiger partial charge is 0.507 e. The molecule has 0 atom stereocenters. The number of aryl methyl sites for hydroxylation is 1. The molecule has 0 bridgehead atoms. The molecule has 25 heavy (non-hydrogen) atoms. The Balaban J connectivity index is 1.85. The van der Waals surface area contributed by atoms with Gasteiger partial charge in [-0.1, -0.05) is 29.8 Å². The Morgan fingerprint density at radius 2 is 1.92 bits per heavy atom. The number of aromatic carboxylic acids is 1. The Labute approximate surface area is 147 Å². The maximum atomic E-state index is 12.1. The minimum Gasteiger partial charge on any atom is -0.507 e. The van der Waals surface area contributed by atoms with E-state index in [1.165, 1.54) is 30.0 Å². The lowest BCUT2D eigenvalue weighted by atomic mass is 10.1. The fraction of sp³-hybridized carbons (Fsp3) is 0.0556. The first kappa shape index (κ1) is 16.8. The standard InChI is InChI=1S/C18H14N2O4S/c1-10-2-4-11(5-3-10)8-15-16(22)20-18(25-15)19-12-6-7-14(21)13(9-12)17(23)24/h2-9,21H,1H3,(H,23,24)(H,19,20,22)/b15-8-. The number of hydrogen-bond donors (Lipinski definition) is 3. The zero-order valence-corrected chi connectivity index (χ0v) is 14.0. The molecular formula is C18H14N2O4S. The summed E-state index contributed by atoms with van der Waals surface area (Å²) in [6.07, 6.45) is 1.77. The van der Waals surface area contributed by atoms with Gasteiger partial charge in [0.05, 0.1) is 10.6 Å². The zero-order valence-electron chi connectivity index (χ0n) is 13.2. The van der Waals surface area contributed by atoms with Crippen molar-refractivity contribution < 1.29 is 19.8 Å². The number of carbonyl (C=O) groups is 2. The van der Waals surface area contributed by atoms with Gasteiger partial charge in [0, 0.05) is 0 Å². The number of amides is 1. The molecule has 0 aliphatic carbocycles. The Morgan fingerprint density at radius 3 is 2.60 bits per heavy atom. The highest BCUT2D eigenvalue weighted by Crippen LogP contribution is 2.29. The average molecular weight is 354 g/mol. The van der Waals surface area contributed by atoms with Gasteiger partial charge < -0.3 is 15.5 Å². The van der Waals surface area contributed by atoms with E-state index < -0.39 is 5.97 Å². The molecule has 0 radical (unpaired) electrons. The van der Waals surface area contributed by atoms with Gasteiger partial charge in [0.1, 0.15) is 11.3 Å². The van der Waals surface area contributed by atoms with Crippen LogP contribution in [0.1, 0.15) is 21.5 Å². The van der Waals surface area contributed by atoms with Crippen molar-refractivity contribution in [2.24, 2.45) is 4.99 Å². The normalized spacial score (nSPS) is 17.1. The number of nitrogens with one attached hydrogen (secondary N) is 1. The minimum absolute atomic E-state index is 0.244. The summed E-state index contributed by atoms with van der Waals surface area (Å²) in [6, 6.07) is 11.7. The SMILES string of the molecule is Cc1ccc(/C=C2\SC(=Nc3ccc(O)c(C(=O)O)c3)NC2=O)cc1. The van der Waals surface area contributed by atoms with Gasteiger partial charge >= 0.3 is 5.97 Å². The molecule has 0 aromatic heterocycles. The first-order valence-electron chi connectivity index (χ1n) is 7.35. The number of thioether (sulfide) groups is 1. The molecular weight excluding hydrogens is 340 g/mol. The highest BCUT2D eigenvalue weighted by Gasteiger charge is 2.24. The van der Waals surface area contributed by atoms with E-state index >= 15 is 0 Å². The van der Waals surface area contributed by atoms with Gasteiger partial charge in [-0.2, -0.15) is 0 Å². The lowest BCUT2D eigenvalue weighted by Crippen LogP contribution is -2.19. The molecule has 6 nitrogen and oxygen atoms in total. The van der Waals surface area contributed by atoms with Gasteiger partial charge in [0.15, 0.2) is 5.17 Å². The fourth-order valence-corrected chi connectivity index (χ4v) is 3.02. The molecule has 2 aromatic carbocycles. The highest BCUT2D eigenvalue weighted by atomic mass is 32.2. The van der Waals surface area contributed by atoms with Crippen LogP contribution in [0, 0.1) is 6.92 Å². The average Bonchev–Trinajstić information content (AvgIpc) is 2.90. The molecule has 0 saturated carbocycles. The molecule has 1 saturated heterocycles. The Morgan fingerprint density at radius 1 is 1.20 bits per heavy atom. The molecule has 3 rings (SSSR count). The van der Waals surface area contributed by atoms with E-state index in [9.17, 15) is 14.7 Å². The van der Waals surface area contributed by atoms with Crippen LogP contribution in [0.5, 0.6) is 5.75 Å². The third kappa shape index (κ3) is 3.89. The summed E-state index contributed by atoms with van der Waals surface area (Å²) < 4.78 is 0. The number of carbonyl (C=O) groups excluding carboxylic acids is 1. The van der Waals surface area contributed by atoms with Gasteiger partial charge in [-0.15, -0.1) is 0 Å². The summed E-state index contributed by atoms with van der Waals surface area (Å²) in [5.74, 6) is -1.84. The molecule has 1 aliphatic rings. The van der Waals surface area contributed by atoms with Crippen molar-refractivity contribution in [3.05, 3.63) is 64.1 Å². The summed E-state index contributed by atoms with van der Waals surface area (Å²) in [5, 5.41) is 21.5. The third-order valence-corrected chi connectivity index (χ3v) is 4.38. The maximum Gasteiger partial charge on any atom is 0.339 e. The molecule has 7 heteroatoms. The van der Waals surface area contributed by atoms with Crippen molar-refractivity contribution in [2.45, 2.75) is 6.92 Å². The molecule has 1 amide bonds. The van der Waals surface area contributed by atoms with Crippen molar-refractivity contribution in [2.75, 3.05) is 0 Å². The van der Waals surface area contributed by atoms with Crippen LogP contribution in [-0.4, -0.2) is 27.3 Å². The van der Waals surface area contributed by atoms with Crippen LogP contribution < -0.4 is 5.32 Å². The molecule has 3 N–H and O–H groups in total. The van der Waals surface area contributed by atoms with Crippen LogP contribution in [0.3, 0.4) is 0 Å². The molecule has 2 aromatic rings. The van der Waals surface area contributed by atoms with Crippen molar-refractivity contribution in [1.82, 2.24) is 5.32 Å². The first-order chi connectivity index (χ1) is 11.9. The van der Waals surface area contributed by atoms with Crippen LogP contribution in [0.4, 0.5) is 5.69 Å². The van der Waals surface area contributed by atoms with E-state index in [0.717, 1.165) is 11.1 Å². The quantitative estimate of drug-likeness (QED) is 0.735. The maximum absolute atomic E-state index is 12.1. The number of nitrogens with zero attached hydrogens (tertiary/aromatic N) is 1. The second-order valence-corrected chi connectivity index (χ2v) is 6.43. The van der Waals surface area contributed by atoms with Crippen LogP contribution in [0.2, 0.25) is 0 Å². The number of carboxylic acids is 1. The number of hydrogen-bond acceptors (Lipinski definition) is 5. The van der Waals surface area contributed by atoms with Crippen LogP contribution >= 0.6 is 11.8 Å². The first-order valence-corrected chi connectivity index (χ1v) is 8.16. The van der Waals surface area contributed by atoms with Crippen LogP contribution in [-0.2, 0) is 4.79 Å². The number of phenols is 1. The lowest BCUT2D eigenvalue weighted by molar-refractivity contribution is -0.115. The smallest absolute Gasteiger partial charge is 0.339 e.